The number of nitrogens with zero attached hydrogens (tertiary/aromatic N) is 1. The van der Waals surface area contributed by atoms with Crippen molar-refractivity contribution in [3.63, 3.8) is 0 Å². The van der Waals surface area contributed by atoms with Crippen LogP contribution in [0.1, 0.15) is 57.1 Å². The molecule has 1 aromatic carbocycles. The first kappa shape index (κ1) is 14.4. The number of rotatable bonds is 5. The lowest BCUT2D eigenvalue weighted by molar-refractivity contribution is 0.362. The van der Waals surface area contributed by atoms with Crippen LogP contribution < -0.4 is 10.6 Å². The highest BCUT2D eigenvalue weighted by atomic mass is 15.1. The average Bonchev–Trinajstić information content (AvgIpc) is 2.47. The van der Waals surface area contributed by atoms with Gasteiger partial charge in [0.05, 0.1) is 0 Å². The molecule has 0 aromatic heterocycles. The standard InChI is InChI=1S/C17H28N2/c1-3-16(18)15-11-7-8-12-17(15)19(2)13-14-9-5-4-6-10-14/h7-8,11-12,14,16H,3-6,9-10,13,18H2,1-2H3. The SMILES string of the molecule is CCC(N)c1ccccc1N(C)CC1CCCCC1. The molecular weight excluding hydrogens is 232 g/mol. The van der Waals surface area contributed by atoms with Crippen LogP contribution in [0.3, 0.4) is 0 Å². The topological polar surface area (TPSA) is 29.3 Å². The lowest BCUT2D eigenvalue weighted by Crippen LogP contribution is -2.28. The summed E-state index contributed by atoms with van der Waals surface area (Å²) in [4.78, 5) is 2.42. The largest absolute Gasteiger partial charge is 0.374 e. The van der Waals surface area contributed by atoms with Crippen LogP contribution in [0.2, 0.25) is 0 Å². The number of anilines is 1. The minimum absolute atomic E-state index is 0.157. The minimum Gasteiger partial charge on any atom is -0.374 e. The molecule has 2 N–H and O–H groups in total. The van der Waals surface area contributed by atoms with E-state index in [2.05, 4.69) is 43.1 Å². The van der Waals surface area contributed by atoms with Crippen molar-refractivity contribution in [2.24, 2.45) is 11.7 Å². The van der Waals surface area contributed by atoms with Crippen LogP contribution >= 0.6 is 0 Å². The lowest BCUT2D eigenvalue weighted by Gasteiger charge is -2.30. The zero-order valence-electron chi connectivity index (χ0n) is 12.4. The second-order valence-corrected chi connectivity index (χ2v) is 5.96. The predicted molar refractivity (Wildman–Crippen MR) is 83.5 cm³/mol. The minimum atomic E-state index is 0.157. The van der Waals surface area contributed by atoms with Gasteiger partial charge in [-0.3, -0.25) is 0 Å². The van der Waals surface area contributed by atoms with E-state index in [9.17, 15) is 0 Å². The second kappa shape index (κ2) is 6.95. The maximum Gasteiger partial charge on any atom is 0.0412 e. The third kappa shape index (κ3) is 3.73. The fraction of sp³-hybridized carbons (Fsp3) is 0.647. The highest BCUT2D eigenvalue weighted by molar-refractivity contribution is 5.54. The average molecular weight is 260 g/mol. The molecule has 0 saturated heterocycles. The molecular formula is C17H28N2. The van der Waals surface area contributed by atoms with Crippen molar-refractivity contribution in [1.82, 2.24) is 0 Å². The van der Waals surface area contributed by atoms with E-state index >= 15 is 0 Å². The zero-order chi connectivity index (χ0) is 13.7. The summed E-state index contributed by atoms with van der Waals surface area (Å²) >= 11 is 0. The molecule has 1 atom stereocenters. The Bertz CT molecular complexity index is 383. The van der Waals surface area contributed by atoms with Gasteiger partial charge in [0, 0.05) is 25.3 Å². The van der Waals surface area contributed by atoms with Crippen molar-refractivity contribution in [3.8, 4) is 0 Å². The second-order valence-electron chi connectivity index (χ2n) is 5.96. The van der Waals surface area contributed by atoms with Gasteiger partial charge in [0.1, 0.15) is 0 Å². The number of hydrogen-bond acceptors (Lipinski definition) is 2. The summed E-state index contributed by atoms with van der Waals surface area (Å²) in [5.74, 6) is 0.865. The Morgan fingerprint density at radius 1 is 1.21 bits per heavy atom. The molecule has 0 spiro atoms. The van der Waals surface area contributed by atoms with Gasteiger partial charge in [-0.25, -0.2) is 0 Å². The molecule has 0 radical (unpaired) electrons. The van der Waals surface area contributed by atoms with Crippen molar-refractivity contribution in [2.45, 2.75) is 51.5 Å². The third-order valence-electron chi connectivity index (χ3n) is 4.44. The molecule has 2 rings (SSSR count). The molecule has 19 heavy (non-hydrogen) atoms. The first-order chi connectivity index (χ1) is 9.22. The van der Waals surface area contributed by atoms with Gasteiger partial charge in [0.2, 0.25) is 0 Å². The monoisotopic (exact) mass is 260 g/mol. The smallest absolute Gasteiger partial charge is 0.0412 e. The molecule has 106 valence electrons. The van der Waals surface area contributed by atoms with Crippen molar-refractivity contribution >= 4 is 5.69 Å². The van der Waals surface area contributed by atoms with Crippen molar-refractivity contribution in [3.05, 3.63) is 29.8 Å². The van der Waals surface area contributed by atoms with Crippen molar-refractivity contribution < 1.29 is 0 Å². The summed E-state index contributed by atoms with van der Waals surface area (Å²) in [5.41, 5.74) is 8.86. The predicted octanol–water partition coefficient (Wildman–Crippen LogP) is 4.11. The van der Waals surface area contributed by atoms with Gasteiger partial charge >= 0.3 is 0 Å². The molecule has 1 aliphatic rings. The molecule has 0 aliphatic heterocycles. The Morgan fingerprint density at radius 2 is 1.89 bits per heavy atom. The van der Waals surface area contributed by atoms with E-state index in [1.807, 2.05) is 0 Å². The third-order valence-corrected chi connectivity index (χ3v) is 4.44. The van der Waals surface area contributed by atoms with Gasteiger partial charge in [-0.1, -0.05) is 44.4 Å². The van der Waals surface area contributed by atoms with Gasteiger partial charge in [-0.05, 0) is 36.8 Å². The first-order valence-electron chi connectivity index (χ1n) is 7.78. The summed E-state index contributed by atoms with van der Waals surface area (Å²) in [7, 11) is 2.22. The molecule has 0 heterocycles. The molecule has 1 unspecified atom stereocenters. The molecule has 1 aromatic rings. The number of nitrogens with two attached hydrogens (primary N) is 1. The molecule has 2 nitrogen and oxygen atoms in total. The van der Waals surface area contributed by atoms with E-state index in [1.54, 1.807) is 0 Å². The maximum absolute atomic E-state index is 6.24. The lowest BCUT2D eigenvalue weighted by atomic mass is 9.88. The molecule has 1 saturated carbocycles. The van der Waals surface area contributed by atoms with E-state index in [-0.39, 0.29) is 6.04 Å². The highest BCUT2D eigenvalue weighted by Gasteiger charge is 2.18. The van der Waals surface area contributed by atoms with Crippen molar-refractivity contribution in [1.29, 1.82) is 0 Å². The Hall–Kier alpha value is -1.02. The summed E-state index contributed by atoms with van der Waals surface area (Å²) in [6.07, 6.45) is 8.04. The summed E-state index contributed by atoms with van der Waals surface area (Å²) in [6, 6.07) is 8.78. The summed E-state index contributed by atoms with van der Waals surface area (Å²) in [5, 5.41) is 0. The number of hydrogen-bond donors (Lipinski definition) is 1. The highest BCUT2D eigenvalue weighted by Crippen LogP contribution is 2.29. The van der Waals surface area contributed by atoms with Crippen LogP contribution in [0.25, 0.3) is 0 Å². The van der Waals surface area contributed by atoms with E-state index in [0.717, 1.165) is 12.3 Å². The van der Waals surface area contributed by atoms with Gasteiger partial charge < -0.3 is 10.6 Å². The van der Waals surface area contributed by atoms with Crippen LogP contribution in [0.15, 0.2) is 24.3 Å². The van der Waals surface area contributed by atoms with Crippen LogP contribution in [-0.2, 0) is 0 Å². The molecule has 0 bridgehead atoms. The Labute approximate surface area is 118 Å². The van der Waals surface area contributed by atoms with E-state index < -0.39 is 0 Å². The quantitative estimate of drug-likeness (QED) is 0.863. The van der Waals surface area contributed by atoms with Crippen molar-refractivity contribution in [2.75, 3.05) is 18.5 Å². The van der Waals surface area contributed by atoms with E-state index in [4.69, 9.17) is 5.73 Å². The van der Waals surface area contributed by atoms with E-state index in [1.165, 1.54) is 49.9 Å². The first-order valence-corrected chi connectivity index (χ1v) is 7.78. The molecule has 1 aliphatic carbocycles. The summed E-state index contributed by atoms with van der Waals surface area (Å²) < 4.78 is 0. The van der Waals surface area contributed by atoms with Crippen LogP contribution in [0, 0.1) is 5.92 Å². The van der Waals surface area contributed by atoms with E-state index in [0.29, 0.717) is 0 Å². The van der Waals surface area contributed by atoms with Gasteiger partial charge in [0.15, 0.2) is 0 Å². The zero-order valence-corrected chi connectivity index (χ0v) is 12.4. The van der Waals surface area contributed by atoms with Gasteiger partial charge in [-0.2, -0.15) is 0 Å². The normalized spacial score (nSPS) is 18.3. The van der Waals surface area contributed by atoms with Crippen LogP contribution in [-0.4, -0.2) is 13.6 Å². The Kier molecular flexibility index (Phi) is 5.26. The molecule has 0 amide bonds. The molecule has 2 heteroatoms. The van der Waals surface area contributed by atoms with Crippen LogP contribution in [0.4, 0.5) is 5.69 Å². The van der Waals surface area contributed by atoms with Crippen LogP contribution in [0.5, 0.6) is 0 Å². The Morgan fingerprint density at radius 3 is 2.58 bits per heavy atom. The summed E-state index contributed by atoms with van der Waals surface area (Å²) in [6.45, 7) is 3.33. The fourth-order valence-electron chi connectivity index (χ4n) is 3.22. The van der Waals surface area contributed by atoms with Gasteiger partial charge in [0.25, 0.3) is 0 Å². The number of para-hydroxylation sites is 1. The maximum atomic E-state index is 6.24. The fourth-order valence-corrected chi connectivity index (χ4v) is 3.22. The Balaban J connectivity index is 2.07. The molecule has 1 fully saturated rings. The number of benzene rings is 1. The van der Waals surface area contributed by atoms with Gasteiger partial charge in [-0.15, -0.1) is 0 Å².